The Morgan fingerprint density at radius 2 is 1.39 bits per heavy atom. The Morgan fingerprint density at radius 1 is 0.821 bits per heavy atom. The molecule has 28 heavy (non-hydrogen) atoms. The third kappa shape index (κ3) is 6.30. The molecule has 0 radical (unpaired) electrons. The van der Waals surface area contributed by atoms with Gasteiger partial charge in [-0.1, -0.05) is 69.0 Å². The quantitative estimate of drug-likeness (QED) is 0.327. The molecule has 0 aromatic heterocycles. The summed E-state index contributed by atoms with van der Waals surface area (Å²) >= 11 is -0.0680. The molecule has 0 spiro atoms. The minimum atomic E-state index is -4.24. The standard InChI is InChI=1S/C24H29F3S/c1-2-3-4-5-18-6-8-19(9-7-18)20-10-12-21(13-11-20)22-14-16-23(17-15-22)28-24(25,26)27/h10-19H,2-9H2,1H3. The monoisotopic (exact) mass is 406 g/mol. The van der Waals surface area contributed by atoms with Gasteiger partial charge in [-0.05, 0) is 78.1 Å². The molecule has 0 bridgehead atoms. The zero-order valence-corrected chi connectivity index (χ0v) is 17.3. The van der Waals surface area contributed by atoms with Crippen molar-refractivity contribution in [2.24, 2.45) is 5.92 Å². The molecule has 0 amide bonds. The average molecular weight is 407 g/mol. The van der Waals surface area contributed by atoms with Crippen LogP contribution in [0.5, 0.6) is 0 Å². The Balaban J connectivity index is 1.55. The summed E-state index contributed by atoms with van der Waals surface area (Å²) in [5.41, 5.74) is -0.823. The van der Waals surface area contributed by atoms with Crippen LogP contribution in [-0.4, -0.2) is 5.51 Å². The van der Waals surface area contributed by atoms with Crippen LogP contribution < -0.4 is 0 Å². The highest BCUT2D eigenvalue weighted by molar-refractivity contribution is 8.00. The molecule has 4 heteroatoms. The van der Waals surface area contributed by atoms with E-state index in [1.54, 1.807) is 24.3 Å². The normalized spacial score (nSPS) is 20.3. The number of hydrogen-bond donors (Lipinski definition) is 0. The van der Waals surface area contributed by atoms with E-state index in [-0.39, 0.29) is 16.7 Å². The fourth-order valence-corrected chi connectivity index (χ4v) is 4.80. The Morgan fingerprint density at radius 3 is 1.93 bits per heavy atom. The van der Waals surface area contributed by atoms with Crippen LogP contribution in [0.25, 0.3) is 11.1 Å². The van der Waals surface area contributed by atoms with Gasteiger partial charge in [0.15, 0.2) is 0 Å². The van der Waals surface area contributed by atoms with Crippen LogP contribution in [-0.2, 0) is 0 Å². The fraction of sp³-hybridized carbons (Fsp3) is 0.500. The highest BCUT2D eigenvalue weighted by Gasteiger charge is 2.29. The van der Waals surface area contributed by atoms with Gasteiger partial charge >= 0.3 is 5.51 Å². The molecule has 152 valence electrons. The number of benzene rings is 2. The van der Waals surface area contributed by atoms with Crippen LogP contribution in [0.1, 0.15) is 69.8 Å². The average Bonchev–Trinajstić information content (AvgIpc) is 2.68. The van der Waals surface area contributed by atoms with Gasteiger partial charge in [0, 0.05) is 4.90 Å². The van der Waals surface area contributed by atoms with Gasteiger partial charge < -0.3 is 0 Å². The molecule has 1 aliphatic carbocycles. The highest BCUT2D eigenvalue weighted by Crippen LogP contribution is 2.39. The molecule has 0 saturated heterocycles. The number of rotatable bonds is 7. The molecule has 1 aliphatic rings. The predicted molar refractivity (Wildman–Crippen MR) is 113 cm³/mol. The zero-order valence-electron chi connectivity index (χ0n) is 16.5. The van der Waals surface area contributed by atoms with E-state index in [1.165, 1.54) is 56.9 Å². The first-order valence-electron chi connectivity index (χ1n) is 10.4. The lowest BCUT2D eigenvalue weighted by atomic mass is 9.77. The Bertz CT molecular complexity index is 711. The molecule has 0 nitrogen and oxygen atoms in total. The van der Waals surface area contributed by atoms with E-state index in [9.17, 15) is 13.2 Å². The number of halogens is 3. The summed E-state index contributed by atoms with van der Waals surface area (Å²) in [6.45, 7) is 2.26. The van der Waals surface area contributed by atoms with E-state index in [1.807, 2.05) is 0 Å². The third-order valence-electron chi connectivity index (χ3n) is 5.87. The molecule has 2 aromatic rings. The molecule has 0 N–H and O–H groups in total. The second kappa shape index (κ2) is 9.87. The topological polar surface area (TPSA) is 0 Å². The zero-order chi connectivity index (χ0) is 20.0. The van der Waals surface area contributed by atoms with Gasteiger partial charge in [0.25, 0.3) is 0 Å². The van der Waals surface area contributed by atoms with Crippen molar-refractivity contribution in [2.75, 3.05) is 0 Å². The van der Waals surface area contributed by atoms with Gasteiger partial charge in [-0.3, -0.25) is 0 Å². The molecule has 0 unspecified atom stereocenters. The van der Waals surface area contributed by atoms with Gasteiger partial charge in [0.1, 0.15) is 0 Å². The second-order valence-electron chi connectivity index (χ2n) is 7.91. The van der Waals surface area contributed by atoms with E-state index in [0.717, 1.165) is 17.0 Å². The van der Waals surface area contributed by atoms with Gasteiger partial charge in [-0.25, -0.2) is 0 Å². The van der Waals surface area contributed by atoms with E-state index in [0.29, 0.717) is 5.92 Å². The minimum absolute atomic E-state index is 0.0680. The van der Waals surface area contributed by atoms with Crippen LogP contribution >= 0.6 is 11.8 Å². The molecular formula is C24H29F3S. The van der Waals surface area contributed by atoms with Gasteiger partial charge in [0.2, 0.25) is 0 Å². The van der Waals surface area contributed by atoms with Crippen molar-refractivity contribution in [1.82, 2.24) is 0 Å². The van der Waals surface area contributed by atoms with Gasteiger partial charge in [-0.15, -0.1) is 0 Å². The summed E-state index contributed by atoms with van der Waals surface area (Å²) in [6.07, 6.45) is 10.7. The van der Waals surface area contributed by atoms with Crippen molar-refractivity contribution < 1.29 is 13.2 Å². The predicted octanol–water partition coefficient (Wildman–Crippen LogP) is 8.82. The summed E-state index contributed by atoms with van der Waals surface area (Å²) < 4.78 is 37.4. The van der Waals surface area contributed by atoms with Crippen molar-refractivity contribution >= 4 is 11.8 Å². The van der Waals surface area contributed by atoms with Crippen molar-refractivity contribution in [3.8, 4) is 11.1 Å². The van der Waals surface area contributed by atoms with E-state index < -0.39 is 5.51 Å². The largest absolute Gasteiger partial charge is 0.446 e. The minimum Gasteiger partial charge on any atom is -0.160 e. The third-order valence-corrected chi connectivity index (χ3v) is 6.61. The Labute approximate surface area is 170 Å². The maximum atomic E-state index is 12.5. The van der Waals surface area contributed by atoms with Crippen LogP contribution in [0.2, 0.25) is 0 Å². The maximum absolute atomic E-state index is 12.5. The van der Waals surface area contributed by atoms with Crippen LogP contribution in [0.15, 0.2) is 53.4 Å². The summed E-state index contributed by atoms with van der Waals surface area (Å²) in [4.78, 5) is 0.226. The lowest BCUT2D eigenvalue weighted by Crippen LogP contribution is -2.13. The van der Waals surface area contributed by atoms with Crippen molar-refractivity contribution in [3.05, 3.63) is 54.1 Å². The van der Waals surface area contributed by atoms with Crippen LogP contribution in [0.3, 0.4) is 0 Å². The molecule has 1 fully saturated rings. The molecular weight excluding hydrogens is 377 g/mol. The van der Waals surface area contributed by atoms with Crippen LogP contribution in [0, 0.1) is 5.92 Å². The molecule has 1 saturated carbocycles. The number of alkyl halides is 3. The molecule has 0 heterocycles. The van der Waals surface area contributed by atoms with Gasteiger partial charge in [0.05, 0.1) is 0 Å². The van der Waals surface area contributed by atoms with E-state index in [4.69, 9.17) is 0 Å². The summed E-state index contributed by atoms with van der Waals surface area (Å²) in [6, 6.07) is 15.2. The molecule has 0 atom stereocenters. The summed E-state index contributed by atoms with van der Waals surface area (Å²) in [7, 11) is 0. The van der Waals surface area contributed by atoms with E-state index in [2.05, 4.69) is 31.2 Å². The van der Waals surface area contributed by atoms with E-state index >= 15 is 0 Å². The molecule has 0 aliphatic heterocycles. The Hall–Kier alpha value is -1.42. The van der Waals surface area contributed by atoms with Crippen LogP contribution in [0.4, 0.5) is 13.2 Å². The highest BCUT2D eigenvalue weighted by atomic mass is 32.2. The number of unbranched alkanes of at least 4 members (excludes halogenated alkanes) is 2. The first kappa shape index (κ1) is 21.3. The van der Waals surface area contributed by atoms with Crippen molar-refractivity contribution in [2.45, 2.75) is 74.6 Å². The lowest BCUT2D eigenvalue weighted by Gasteiger charge is -2.29. The lowest BCUT2D eigenvalue weighted by molar-refractivity contribution is -0.0328. The first-order chi connectivity index (χ1) is 13.4. The first-order valence-corrected chi connectivity index (χ1v) is 11.2. The maximum Gasteiger partial charge on any atom is 0.446 e. The molecule has 3 rings (SSSR count). The SMILES string of the molecule is CCCCCC1CCC(c2ccc(-c3ccc(SC(F)(F)F)cc3)cc2)CC1. The summed E-state index contributed by atoms with van der Waals surface area (Å²) in [5.74, 6) is 1.57. The Kier molecular flexibility index (Phi) is 7.50. The molecule has 2 aromatic carbocycles. The van der Waals surface area contributed by atoms with Crippen molar-refractivity contribution in [1.29, 1.82) is 0 Å². The summed E-state index contributed by atoms with van der Waals surface area (Å²) in [5, 5.41) is 0. The fourth-order valence-electron chi connectivity index (χ4n) is 4.26. The number of thioether (sulfide) groups is 1. The van der Waals surface area contributed by atoms with Gasteiger partial charge in [-0.2, -0.15) is 13.2 Å². The second-order valence-corrected chi connectivity index (χ2v) is 9.05. The smallest absolute Gasteiger partial charge is 0.160 e. The number of hydrogen-bond acceptors (Lipinski definition) is 1. The van der Waals surface area contributed by atoms with Crippen molar-refractivity contribution in [3.63, 3.8) is 0 Å².